The number of nitrogens with one attached hydrogen (secondary N) is 1. The normalized spacial score (nSPS) is 20.0. The molecule has 3 heterocycles. The Kier molecular flexibility index (Phi) is 7.01. The summed E-state index contributed by atoms with van der Waals surface area (Å²) in [5.74, 6) is -1.58. The Balaban J connectivity index is 1.41. The molecular weight excluding hydrogens is 464 g/mol. The number of piperidine rings is 2. The van der Waals surface area contributed by atoms with E-state index >= 15 is 0 Å². The molecule has 0 spiro atoms. The van der Waals surface area contributed by atoms with Gasteiger partial charge in [0.25, 0.3) is 0 Å². The summed E-state index contributed by atoms with van der Waals surface area (Å²) < 4.78 is 52.3. The Hall–Kier alpha value is -2.82. The van der Waals surface area contributed by atoms with Crippen molar-refractivity contribution in [3.8, 4) is 0 Å². The van der Waals surface area contributed by atoms with Gasteiger partial charge >= 0.3 is 0 Å². The summed E-state index contributed by atoms with van der Waals surface area (Å²) in [5, 5.41) is 2.69. The minimum absolute atomic E-state index is 0.0329. The zero-order valence-corrected chi connectivity index (χ0v) is 20.1. The molecule has 1 aromatic carbocycles. The number of likely N-dealkylation sites (tertiary alicyclic amines) is 1. The van der Waals surface area contributed by atoms with E-state index in [1.807, 2.05) is 12.4 Å². The lowest BCUT2D eigenvalue weighted by Crippen LogP contribution is -2.55. The van der Waals surface area contributed by atoms with Gasteiger partial charge in [-0.3, -0.25) is 4.79 Å². The van der Waals surface area contributed by atoms with Crippen LogP contribution in [0.1, 0.15) is 38.2 Å². The highest BCUT2D eigenvalue weighted by Crippen LogP contribution is 2.28. The number of aryl methyl sites for hydroxylation is 1. The van der Waals surface area contributed by atoms with Crippen LogP contribution in [-0.2, 0) is 21.1 Å². The maximum atomic E-state index is 14.5. The number of anilines is 2. The van der Waals surface area contributed by atoms with Crippen LogP contribution >= 0.6 is 0 Å². The first-order valence-electron chi connectivity index (χ1n) is 11.5. The van der Waals surface area contributed by atoms with Crippen molar-refractivity contribution >= 4 is 27.4 Å². The summed E-state index contributed by atoms with van der Waals surface area (Å²) >= 11 is 0. The van der Waals surface area contributed by atoms with Crippen molar-refractivity contribution in [3.63, 3.8) is 0 Å². The second kappa shape index (κ2) is 9.81. The number of nitrogens with zero attached hydrogens (tertiary/aromatic N) is 4. The third kappa shape index (κ3) is 5.13. The van der Waals surface area contributed by atoms with Gasteiger partial charge in [0, 0.05) is 44.3 Å². The van der Waals surface area contributed by atoms with E-state index in [0.29, 0.717) is 38.4 Å². The zero-order chi connectivity index (χ0) is 24.5. The molecule has 2 aliphatic heterocycles. The molecule has 1 atom stereocenters. The maximum Gasteiger partial charge on any atom is 0.245 e. The summed E-state index contributed by atoms with van der Waals surface area (Å²) in [7, 11) is -3.76. The lowest BCUT2D eigenvalue weighted by atomic mass is 9.97. The van der Waals surface area contributed by atoms with Gasteiger partial charge < -0.3 is 15.1 Å². The van der Waals surface area contributed by atoms with E-state index in [4.69, 9.17) is 0 Å². The van der Waals surface area contributed by atoms with Gasteiger partial charge in [0.15, 0.2) is 21.5 Å². The number of halogens is 2. The number of aromatic nitrogens is 2. The Labute approximate surface area is 198 Å². The minimum Gasteiger partial charge on any atom is -0.369 e. The lowest BCUT2D eigenvalue weighted by molar-refractivity contribution is -0.137. The first-order chi connectivity index (χ1) is 16.2. The Morgan fingerprint density at radius 1 is 1.06 bits per heavy atom. The van der Waals surface area contributed by atoms with E-state index in [1.54, 1.807) is 4.90 Å². The second-order valence-electron chi connectivity index (χ2n) is 8.87. The average Bonchev–Trinajstić information content (AvgIpc) is 2.82. The molecule has 0 radical (unpaired) electrons. The molecule has 8 nitrogen and oxygen atoms in total. The van der Waals surface area contributed by atoms with Gasteiger partial charge in [-0.15, -0.1) is 0 Å². The van der Waals surface area contributed by atoms with E-state index in [2.05, 4.69) is 27.1 Å². The largest absolute Gasteiger partial charge is 0.369 e. The Morgan fingerprint density at radius 2 is 1.68 bits per heavy atom. The van der Waals surface area contributed by atoms with Gasteiger partial charge in [0.2, 0.25) is 11.9 Å². The van der Waals surface area contributed by atoms with Crippen molar-refractivity contribution in [3.05, 3.63) is 41.7 Å². The quantitative estimate of drug-likeness (QED) is 0.661. The minimum atomic E-state index is -3.76. The third-order valence-electron chi connectivity index (χ3n) is 6.52. The molecule has 2 saturated heterocycles. The van der Waals surface area contributed by atoms with Crippen LogP contribution in [0.2, 0.25) is 0 Å². The van der Waals surface area contributed by atoms with Gasteiger partial charge in [-0.2, -0.15) is 0 Å². The molecule has 184 valence electrons. The number of sulfone groups is 1. The first kappa shape index (κ1) is 24.3. The Morgan fingerprint density at radius 3 is 2.24 bits per heavy atom. The van der Waals surface area contributed by atoms with Crippen LogP contribution in [0.25, 0.3) is 0 Å². The van der Waals surface area contributed by atoms with Gasteiger partial charge in [-0.05, 0) is 49.8 Å². The molecule has 11 heteroatoms. The van der Waals surface area contributed by atoms with Crippen molar-refractivity contribution in [1.82, 2.24) is 14.9 Å². The number of hydrogen-bond acceptors (Lipinski definition) is 7. The molecule has 34 heavy (non-hydrogen) atoms. The van der Waals surface area contributed by atoms with Gasteiger partial charge in [0.05, 0.1) is 4.90 Å². The molecule has 2 fully saturated rings. The number of amides is 1. The average molecular weight is 494 g/mol. The first-order valence-corrected chi connectivity index (χ1v) is 13.4. The molecule has 0 unspecified atom stereocenters. The third-order valence-corrected chi connectivity index (χ3v) is 7.62. The van der Waals surface area contributed by atoms with Crippen LogP contribution in [0.15, 0.2) is 29.4 Å². The summed E-state index contributed by atoms with van der Waals surface area (Å²) in [4.78, 5) is 25.5. The van der Waals surface area contributed by atoms with E-state index < -0.39 is 38.1 Å². The van der Waals surface area contributed by atoms with Crippen LogP contribution in [0.5, 0.6) is 0 Å². The summed E-state index contributed by atoms with van der Waals surface area (Å²) in [5.41, 5.74) is 0.602. The van der Waals surface area contributed by atoms with Crippen LogP contribution in [0, 0.1) is 11.6 Å². The lowest BCUT2D eigenvalue weighted by Gasteiger charge is -2.42. The topological polar surface area (TPSA) is 95.5 Å². The standard InChI is InChI=1S/C23H29F2N5O3S/c1-3-15-13-26-23(27-14-15)29-9-6-16(7-10-29)30-8-4-5-20(22(30)31)28-21-18(24)11-17(12-19(21)25)34(2,32)33/h11-14,16,20,28H,3-10H2,1-2H3/t20-/m0/s1. The summed E-state index contributed by atoms with van der Waals surface area (Å²) in [6, 6.07) is 0.809. The number of hydrogen-bond donors (Lipinski definition) is 1. The fraction of sp³-hybridized carbons (Fsp3) is 0.522. The fourth-order valence-corrected chi connectivity index (χ4v) is 5.18. The number of benzene rings is 1. The number of carbonyl (C=O) groups is 1. The van der Waals surface area contributed by atoms with E-state index in [1.165, 1.54) is 0 Å². The van der Waals surface area contributed by atoms with Crippen LogP contribution < -0.4 is 10.2 Å². The molecule has 0 saturated carbocycles. The van der Waals surface area contributed by atoms with Crippen molar-refractivity contribution in [2.45, 2.75) is 56.0 Å². The molecule has 2 aromatic rings. The zero-order valence-electron chi connectivity index (χ0n) is 19.3. The molecule has 0 bridgehead atoms. The maximum absolute atomic E-state index is 14.5. The smallest absolute Gasteiger partial charge is 0.245 e. The van der Waals surface area contributed by atoms with Gasteiger partial charge in [-0.25, -0.2) is 27.2 Å². The van der Waals surface area contributed by atoms with Crippen LogP contribution in [-0.4, -0.2) is 67.2 Å². The highest BCUT2D eigenvalue weighted by atomic mass is 32.2. The Bertz CT molecular complexity index is 1130. The van der Waals surface area contributed by atoms with Crippen molar-refractivity contribution in [2.24, 2.45) is 0 Å². The molecule has 1 amide bonds. The van der Waals surface area contributed by atoms with E-state index in [0.717, 1.165) is 43.2 Å². The monoisotopic (exact) mass is 493 g/mol. The molecule has 2 aliphatic rings. The summed E-state index contributed by atoms with van der Waals surface area (Å²) in [6.45, 7) is 4.08. The molecule has 1 aromatic heterocycles. The summed E-state index contributed by atoms with van der Waals surface area (Å²) in [6.07, 6.45) is 8.08. The SMILES string of the molecule is CCc1cnc(N2CCC(N3CCC[C@H](Nc4c(F)cc(S(C)(=O)=O)cc4F)C3=O)CC2)nc1. The molecular formula is C23H29F2N5O3S. The van der Waals surface area contributed by atoms with Crippen LogP contribution in [0.3, 0.4) is 0 Å². The van der Waals surface area contributed by atoms with E-state index in [-0.39, 0.29) is 11.9 Å². The van der Waals surface area contributed by atoms with Crippen molar-refractivity contribution < 1.29 is 22.0 Å². The van der Waals surface area contributed by atoms with Gasteiger partial charge in [0.1, 0.15) is 11.7 Å². The van der Waals surface area contributed by atoms with Crippen molar-refractivity contribution in [1.29, 1.82) is 0 Å². The predicted molar refractivity (Wildman–Crippen MR) is 124 cm³/mol. The van der Waals surface area contributed by atoms with E-state index in [9.17, 15) is 22.0 Å². The number of carbonyl (C=O) groups excluding carboxylic acids is 1. The molecule has 1 N–H and O–H groups in total. The van der Waals surface area contributed by atoms with Gasteiger partial charge in [-0.1, -0.05) is 6.92 Å². The predicted octanol–water partition coefficient (Wildman–Crippen LogP) is 2.79. The van der Waals surface area contributed by atoms with Crippen LogP contribution in [0.4, 0.5) is 20.4 Å². The molecule has 0 aliphatic carbocycles. The highest BCUT2D eigenvalue weighted by molar-refractivity contribution is 7.90. The molecule has 4 rings (SSSR count). The fourth-order valence-electron chi connectivity index (χ4n) is 4.54. The van der Waals surface area contributed by atoms with Crippen molar-refractivity contribution in [2.75, 3.05) is 36.1 Å². The number of rotatable bonds is 6. The second-order valence-corrected chi connectivity index (χ2v) is 10.9. The highest BCUT2D eigenvalue weighted by Gasteiger charge is 2.36.